The van der Waals surface area contributed by atoms with Crippen LogP contribution >= 0.6 is 11.3 Å². The van der Waals surface area contributed by atoms with Crippen LogP contribution in [0.4, 0.5) is 13.2 Å². The molecule has 51 heavy (non-hydrogen) atoms. The van der Waals surface area contributed by atoms with Gasteiger partial charge in [0.15, 0.2) is 0 Å². The van der Waals surface area contributed by atoms with E-state index in [9.17, 15) is 14.0 Å². The van der Waals surface area contributed by atoms with Gasteiger partial charge in [-0.15, -0.1) is 11.3 Å². The number of thiophene rings is 1. The van der Waals surface area contributed by atoms with Gasteiger partial charge in [0.05, 0.1) is 57.8 Å². The van der Waals surface area contributed by atoms with Crippen LogP contribution in [-0.2, 0) is 16.6 Å². The molecule has 0 unspecified atom stereocenters. The predicted molar refractivity (Wildman–Crippen MR) is 190 cm³/mol. The average Bonchev–Trinajstić information content (AvgIpc) is 3.81. The summed E-state index contributed by atoms with van der Waals surface area (Å²) in [4.78, 5) is 36.2. The third-order valence-electron chi connectivity index (χ3n) is 9.42. The number of carbonyl (C=O) groups is 2. The number of benzene rings is 2. The molecule has 2 aromatic carbocycles. The molecule has 0 saturated heterocycles. The zero-order valence-electron chi connectivity index (χ0n) is 28.6. The number of nitrogens with zero attached hydrogens (tertiary/aromatic N) is 6. The van der Waals surface area contributed by atoms with Gasteiger partial charge in [0.25, 0.3) is 0 Å². The molecule has 5 heterocycles. The largest absolute Gasteiger partial charge is 0.492 e. The van der Waals surface area contributed by atoms with Gasteiger partial charge in [-0.05, 0) is 45.0 Å². The van der Waals surface area contributed by atoms with Gasteiger partial charge in [-0.1, -0.05) is 12.6 Å². The van der Waals surface area contributed by atoms with Crippen molar-refractivity contribution in [3.05, 3.63) is 83.4 Å². The van der Waals surface area contributed by atoms with Crippen LogP contribution in [0.5, 0.6) is 5.75 Å². The number of halogens is 3. The van der Waals surface area contributed by atoms with Crippen LogP contribution in [0.2, 0.25) is 0 Å². The first-order valence-corrected chi connectivity index (χ1v) is 17.2. The number of hydrogen-bond donors (Lipinski definition) is 1. The average molecular weight is 714 g/mol. The van der Waals surface area contributed by atoms with Gasteiger partial charge in [0.2, 0.25) is 11.8 Å². The summed E-state index contributed by atoms with van der Waals surface area (Å²) in [5.74, 6) is -2.54. The van der Waals surface area contributed by atoms with Crippen molar-refractivity contribution in [2.24, 2.45) is 7.05 Å². The highest BCUT2D eigenvalue weighted by Crippen LogP contribution is 2.48. The highest BCUT2D eigenvalue weighted by atomic mass is 32.1. The lowest BCUT2D eigenvalue weighted by atomic mass is 9.94. The van der Waals surface area contributed by atoms with Crippen LogP contribution in [0, 0.1) is 24.4 Å². The van der Waals surface area contributed by atoms with Crippen LogP contribution in [0.25, 0.3) is 54.9 Å². The van der Waals surface area contributed by atoms with Gasteiger partial charge in [-0.2, -0.15) is 5.10 Å². The van der Waals surface area contributed by atoms with Crippen LogP contribution in [0.15, 0.2) is 54.4 Å². The van der Waals surface area contributed by atoms with E-state index in [1.807, 2.05) is 50.6 Å². The molecule has 7 rings (SSSR count). The zero-order valence-corrected chi connectivity index (χ0v) is 29.4. The molecule has 0 bridgehead atoms. The maximum atomic E-state index is 16.3. The number of rotatable bonds is 8. The molecule has 0 saturated carbocycles. The Morgan fingerprint density at radius 1 is 1.08 bits per heavy atom. The van der Waals surface area contributed by atoms with Crippen LogP contribution < -0.4 is 10.1 Å². The summed E-state index contributed by atoms with van der Waals surface area (Å²) in [5, 5.41) is 8.78. The molecule has 6 aromatic rings. The zero-order chi connectivity index (χ0) is 36.3. The monoisotopic (exact) mass is 713 g/mol. The number of carbonyl (C=O) groups excluding carboxylic acids is 2. The fourth-order valence-corrected chi connectivity index (χ4v) is 7.66. The summed E-state index contributed by atoms with van der Waals surface area (Å²) in [6.45, 7) is 9.49. The third-order valence-corrected chi connectivity index (χ3v) is 10.4. The lowest BCUT2D eigenvalue weighted by molar-refractivity contribution is -0.129. The maximum Gasteiger partial charge on any atom is 0.246 e. The normalized spacial score (nSPS) is 15.7. The molecule has 2 amide bonds. The van der Waals surface area contributed by atoms with E-state index in [4.69, 9.17) is 14.8 Å². The summed E-state index contributed by atoms with van der Waals surface area (Å²) in [6, 6.07) is 8.48. The molecule has 0 spiro atoms. The first-order chi connectivity index (χ1) is 24.4. The molecular weight excluding hydrogens is 680 g/mol. The second-order valence-electron chi connectivity index (χ2n) is 12.5. The van der Waals surface area contributed by atoms with E-state index in [0.717, 1.165) is 28.7 Å². The lowest BCUT2D eigenvalue weighted by Crippen LogP contribution is -2.42. The summed E-state index contributed by atoms with van der Waals surface area (Å²) >= 11 is 1.10. The van der Waals surface area contributed by atoms with E-state index in [0.29, 0.717) is 39.8 Å². The Balaban J connectivity index is 1.52. The minimum atomic E-state index is -1.01. The highest BCUT2D eigenvalue weighted by Gasteiger charge is 2.34. The Kier molecular flexibility index (Phi) is 8.66. The van der Waals surface area contributed by atoms with Crippen molar-refractivity contribution < 1.29 is 27.5 Å². The summed E-state index contributed by atoms with van der Waals surface area (Å²) in [6.07, 6.45) is 1.18. The molecule has 2 atom stereocenters. The molecular formula is C37H34F3N7O3S. The second-order valence-corrected chi connectivity index (χ2v) is 13.4. The Bertz CT molecular complexity index is 2400. The molecule has 1 aliphatic heterocycles. The van der Waals surface area contributed by atoms with Crippen molar-refractivity contribution in [1.29, 1.82) is 0 Å². The lowest BCUT2D eigenvalue weighted by Gasteiger charge is -2.36. The van der Waals surface area contributed by atoms with E-state index in [1.54, 1.807) is 15.6 Å². The maximum absolute atomic E-state index is 16.3. The Hall–Kier alpha value is -5.50. The Morgan fingerprint density at radius 3 is 2.61 bits per heavy atom. The SMILES string of the molecule is C=CC(=O)N1C[C@H](C)n2nc(-c3nc(-c4ccc5c(c4)nc(C)n5C)c4scc(F)c4c3-c3c(F)cc(F)cc3OCCC(=O)NC)cc2[C@H]1C. The molecule has 14 heteroatoms. The molecule has 1 N–H and O–H groups in total. The number of hydrogen-bond acceptors (Lipinski definition) is 7. The molecule has 262 valence electrons. The molecule has 0 aliphatic carbocycles. The topological polar surface area (TPSA) is 107 Å². The number of fused-ring (bicyclic) bond motifs is 3. The Labute approximate surface area is 295 Å². The van der Waals surface area contributed by atoms with E-state index in [1.165, 1.54) is 18.5 Å². The van der Waals surface area contributed by atoms with Gasteiger partial charge < -0.3 is 19.5 Å². The van der Waals surface area contributed by atoms with Crippen molar-refractivity contribution in [3.63, 3.8) is 0 Å². The van der Waals surface area contributed by atoms with E-state index in [2.05, 4.69) is 16.9 Å². The van der Waals surface area contributed by atoms with Gasteiger partial charge in [-0.25, -0.2) is 23.1 Å². The van der Waals surface area contributed by atoms with Crippen LogP contribution in [0.3, 0.4) is 0 Å². The van der Waals surface area contributed by atoms with E-state index >= 15 is 8.78 Å². The van der Waals surface area contributed by atoms with Crippen molar-refractivity contribution in [1.82, 2.24) is 34.5 Å². The van der Waals surface area contributed by atoms with Gasteiger partial charge in [0.1, 0.15) is 40.4 Å². The second kappa shape index (κ2) is 13.0. The Morgan fingerprint density at radius 2 is 1.86 bits per heavy atom. The number of imidazole rings is 1. The number of ether oxygens (including phenoxy) is 1. The number of amides is 2. The molecule has 1 aliphatic rings. The van der Waals surface area contributed by atoms with Crippen LogP contribution in [-0.4, -0.2) is 61.2 Å². The highest BCUT2D eigenvalue weighted by molar-refractivity contribution is 7.17. The molecule has 10 nitrogen and oxygen atoms in total. The van der Waals surface area contributed by atoms with Crippen molar-refractivity contribution in [2.75, 3.05) is 20.2 Å². The molecule has 0 radical (unpaired) electrons. The third kappa shape index (κ3) is 5.72. The standard InChI is InChI=1S/C37H34F3N7O3S/c1-7-31(49)46-16-18(2)47-28(19(46)3)15-26(44-47)36-34(32-23(39)13-22(38)14-29(32)50-11-10-30(48)41-5)33-24(40)17-51-37(33)35(43-36)21-8-9-27-25(12-21)42-20(4)45(27)6/h7-9,12-15,17-19H,1,10-11,16H2,2-6H3,(H,41,48)/t18-,19+/m0/s1. The fraction of sp³-hybridized carbons (Fsp3) is 0.270. The number of aryl methyl sites for hydroxylation is 2. The van der Waals surface area contributed by atoms with Crippen molar-refractivity contribution in [2.45, 2.75) is 39.3 Å². The fourth-order valence-electron chi connectivity index (χ4n) is 6.73. The van der Waals surface area contributed by atoms with Gasteiger partial charge >= 0.3 is 0 Å². The summed E-state index contributed by atoms with van der Waals surface area (Å²) in [7, 11) is 3.39. The van der Waals surface area contributed by atoms with E-state index < -0.39 is 23.5 Å². The predicted octanol–water partition coefficient (Wildman–Crippen LogP) is 7.27. The quantitative estimate of drug-likeness (QED) is 0.166. The number of pyridine rings is 1. The minimum absolute atomic E-state index is 0.0180. The van der Waals surface area contributed by atoms with Crippen molar-refractivity contribution >= 4 is 44.3 Å². The number of nitrogens with one attached hydrogen (secondary N) is 1. The van der Waals surface area contributed by atoms with Crippen molar-refractivity contribution in [3.8, 4) is 39.5 Å². The van der Waals surface area contributed by atoms with Crippen LogP contribution in [0.1, 0.15) is 43.9 Å². The summed E-state index contributed by atoms with van der Waals surface area (Å²) < 4.78 is 57.3. The first-order valence-electron chi connectivity index (χ1n) is 16.3. The van der Waals surface area contributed by atoms with Gasteiger partial charge in [-0.3, -0.25) is 14.3 Å². The number of aromatic nitrogens is 5. The van der Waals surface area contributed by atoms with Gasteiger partial charge in [0, 0.05) is 54.7 Å². The molecule has 4 aromatic heterocycles. The first kappa shape index (κ1) is 34.0. The molecule has 0 fully saturated rings. The summed E-state index contributed by atoms with van der Waals surface area (Å²) in [5.41, 5.74) is 3.57. The minimum Gasteiger partial charge on any atom is -0.492 e. The smallest absolute Gasteiger partial charge is 0.246 e. The van der Waals surface area contributed by atoms with E-state index in [-0.39, 0.29) is 64.5 Å².